The van der Waals surface area contributed by atoms with Crippen LogP contribution in [0.4, 0.5) is 0 Å². The molecule has 0 N–H and O–H groups in total. The molecule has 4 aromatic carbocycles. The highest BCUT2D eigenvalue weighted by Gasteiger charge is 2.27. The molecule has 0 aliphatic carbocycles. The molecule has 16 aromatic rings. The van der Waals surface area contributed by atoms with Crippen molar-refractivity contribution in [1.82, 2.24) is 26.2 Å². The van der Waals surface area contributed by atoms with Crippen LogP contribution >= 0.6 is 137 Å². The summed E-state index contributed by atoms with van der Waals surface area (Å²) in [6.45, 7) is 13.9. The van der Waals surface area contributed by atoms with Crippen LogP contribution in [0, 0.1) is 17.8 Å². The molecule has 0 saturated heterocycles. The molecule has 0 bridgehead atoms. The molecule has 0 saturated carbocycles. The number of thiophene rings is 9. The van der Waals surface area contributed by atoms with Crippen LogP contribution in [0.3, 0.4) is 0 Å². The lowest BCUT2D eigenvalue weighted by atomic mass is 9.91. The van der Waals surface area contributed by atoms with Crippen molar-refractivity contribution in [3.05, 3.63) is 142 Å². The summed E-state index contributed by atoms with van der Waals surface area (Å²) in [6.07, 6.45) is 52.3. The number of hydrogen-bond donors (Lipinski definition) is 0. The Morgan fingerprint density at radius 1 is 0.200 bits per heavy atom. The Balaban J connectivity index is 0.693. The van der Waals surface area contributed by atoms with Crippen LogP contribution in [0.2, 0.25) is 0 Å². The van der Waals surface area contributed by atoms with E-state index in [2.05, 4.69) is 169 Å². The average Bonchev–Trinajstić information content (AvgIpc) is 1.59. The van der Waals surface area contributed by atoms with E-state index in [0.717, 1.165) is 67.5 Å². The Labute approximate surface area is 762 Å². The Hall–Kier alpha value is -5.58. The molecule has 120 heavy (non-hydrogen) atoms. The number of aromatic nitrogens is 6. The molecule has 0 amide bonds. The molecule has 16 rings (SSSR count). The summed E-state index contributed by atoms with van der Waals surface area (Å²) in [6, 6.07) is 50.0. The van der Waals surface area contributed by atoms with Gasteiger partial charge in [0.15, 0.2) is 0 Å². The van der Waals surface area contributed by atoms with Crippen molar-refractivity contribution in [3.8, 4) is 91.9 Å². The molecule has 0 aliphatic heterocycles. The van der Waals surface area contributed by atoms with Gasteiger partial charge >= 0.3 is 0 Å². The van der Waals surface area contributed by atoms with Crippen LogP contribution in [0.25, 0.3) is 155 Å². The van der Waals surface area contributed by atoms with Crippen molar-refractivity contribution in [2.24, 2.45) is 17.8 Å². The smallest absolute Gasteiger partial charge is 0.114 e. The second-order valence-electron chi connectivity index (χ2n) is 34.1. The first-order valence-corrected chi connectivity index (χ1v) is 55.6. The molecular weight excluding hydrogens is 1690 g/mol. The van der Waals surface area contributed by atoms with Crippen LogP contribution in [0.15, 0.2) is 127 Å². The molecule has 0 spiro atoms. The van der Waals surface area contributed by atoms with Gasteiger partial charge in [0.25, 0.3) is 0 Å². The fourth-order valence-electron chi connectivity index (χ4n) is 18.3. The third-order valence-corrected chi connectivity index (χ3v) is 37.5. The maximum absolute atomic E-state index is 5.07. The molecule has 12 heterocycles. The first-order valence-electron chi connectivity index (χ1n) is 46.0. The van der Waals surface area contributed by atoms with Gasteiger partial charge < -0.3 is 0 Å². The Morgan fingerprint density at radius 3 is 0.642 bits per heavy atom. The van der Waals surface area contributed by atoms with Gasteiger partial charge in [0, 0.05) is 137 Å². The van der Waals surface area contributed by atoms with Crippen LogP contribution in [-0.4, -0.2) is 26.2 Å². The maximum Gasteiger partial charge on any atom is 0.114 e. The predicted octanol–water partition coefficient (Wildman–Crippen LogP) is 38.4. The number of benzene rings is 4. The van der Waals surface area contributed by atoms with E-state index in [-0.39, 0.29) is 0 Å². The highest BCUT2D eigenvalue weighted by atomic mass is 32.1. The summed E-state index contributed by atoms with van der Waals surface area (Å²) in [5.74, 6) is 2.27. The van der Waals surface area contributed by atoms with E-state index in [4.69, 9.17) is 26.2 Å². The summed E-state index contributed by atoms with van der Waals surface area (Å²) >= 11 is 21.5. The number of hydrogen-bond acceptors (Lipinski definition) is 18. The Kier molecular flexibility index (Phi) is 32.2. The summed E-state index contributed by atoms with van der Waals surface area (Å²) in [5.41, 5.74) is 13.2. The zero-order chi connectivity index (χ0) is 81.9. The van der Waals surface area contributed by atoms with Gasteiger partial charge in [-0.2, -0.15) is 26.2 Å². The summed E-state index contributed by atoms with van der Waals surface area (Å²) < 4.78 is 34.4. The molecule has 18 heteroatoms. The summed E-state index contributed by atoms with van der Waals surface area (Å²) in [5, 5.41) is 4.01. The average molecular weight is 1810 g/mol. The molecule has 12 aromatic heterocycles. The van der Waals surface area contributed by atoms with E-state index in [9.17, 15) is 0 Å². The van der Waals surface area contributed by atoms with Crippen LogP contribution < -0.4 is 0 Å². The molecule has 0 aliphatic rings. The van der Waals surface area contributed by atoms with Gasteiger partial charge in [-0.15, -0.1) is 102 Å². The summed E-state index contributed by atoms with van der Waals surface area (Å²) in [4.78, 5) is 19.9. The van der Waals surface area contributed by atoms with Crippen LogP contribution in [0.1, 0.15) is 287 Å². The van der Waals surface area contributed by atoms with Crippen LogP contribution in [0.5, 0.6) is 0 Å². The highest BCUT2D eigenvalue weighted by Crippen LogP contribution is 2.55. The minimum atomic E-state index is 0.755. The van der Waals surface area contributed by atoms with E-state index in [1.165, 1.54) is 406 Å². The highest BCUT2D eigenvalue weighted by molar-refractivity contribution is 7.33. The molecule has 6 nitrogen and oxygen atoms in total. The van der Waals surface area contributed by atoms with E-state index in [1.54, 1.807) is 0 Å². The molecule has 630 valence electrons. The molecule has 0 radical (unpaired) electrons. The fraction of sp³-hybridized carbons (Fsp3) is 0.471. The number of unbranched alkanes of at least 4 members (excludes halogenated alkanes) is 24. The van der Waals surface area contributed by atoms with Gasteiger partial charge in [-0.05, 0) is 128 Å². The third-order valence-electron chi connectivity index (χ3n) is 25.1. The quantitative estimate of drug-likeness (QED) is 0.0354. The van der Waals surface area contributed by atoms with E-state index in [1.807, 2.05) is 102 Å². The van der Waals surface area contributed by atoms with E-state index >= 15 is 0 Å². The lowest BCUT2D eigenvalue weighted by molar-refractivity contribution is 0.404. The van der Waals surface area contributed by atoms with Crippen molar-refractivity contribution < 1.29 is 0 Å². The number of rotatable bonds is 51. The normalized spacial score (nSPS) is 12.9. The van der Waals surface area contributed by atoms with Crippen molar-refractivity contribution in [3.63, 3.8) is 0 Å². The molecule has 0 fully saturated rings. The monoisotopic (exact) mass is 1810 g/mol. The van der Waals surface area contributed by atoms with E-state index < -0.39 is 0 Å². The Morgan fingerprint density at radius 2 is 0.400 bits per heavy atom. The van der Waals surface area contributed by atoms with E-state index in [0.29, 0.717) is 0 Å². The third kappa shape index (κ3) is 21.4. The molecule has 3 unspecified atom stereocenters. The lowest BCUT2D eigenvalue weighted by Gasteiger charge is -2.16. The van der Waals surface area contributed by atoms with Crippen LogP contribution in [-0.2, 0) is 19.3 Å². The van der Waals surface area contributed by atoms with Crippen molar-refractivity contribution in [2.45, 2.75) is 292 Å². The Bertz CT molecular complexity index is 5220. The van der Waals surface area contributed by atoms with Gasteiger partial charge in [0.2, 0.25) is 0 Å². The number of nitrogens with zero attached hydrogens (tertiary/aromatic N) is 6. The first-order chi connectivity index (χ1) is 59.2. The first kappa shape index (κ1) is 87.9. The SMILES string of the molecule is CCCCCCCCC(CCCCCC)Cc1ccc(-c2ccc(-c3ccc(-c4cc5c(s4)c4cc(-c6ccc(-c7ccc(-c8ccc(CC(CCCCCC)CCCCCCCC)s8)c8nsnc78)s6)sc4c4cc(-c6ccc(-c7ccc(-c8ccc(CC(CCCCCC)CCCCCCCC)s8)c8nsnc78)s6)sc54)s3)c3nsnc23)s1. The maximum atomic E-state index is 5.07. The predicted molar refractivity (Wildman–Crippen MR) is 544 cm³/mol. The minimum absolute atomic E-state index is 0.755. The zero-order valence-corrected chi connectivity index (χ0v) is 81.3. The largest absolute Gasteiger partial charge is 0.172 e. The lowest BCUT2D eigenvalue weighted by Crippen LogP contribution is -2.04. The van der Waals surface area contributed by atoms with Crippen molar-refractivity contribution in [1.29, 1.82) is 0 Å². The molecular formula is C102H120N6S12. The van der Waals surface area contributed by atoms with Gasteiger partial charge in [0.1, 0.15) is 33.1 Å². The minimum Gasteiger partial charge on any atom is -0.172 e. The van der Waals surface area contributed by atoms with Gasteiger partial charge in [-0.1, -0.05) is 309 Å². The van der Waals surface area contributed by atoms with Gasteiger partial charge in [-0.25, -0.2) is 0 Å². The molecule has 3 atom stereocenters. The van der Waals surface area contributed by atoms with Gasteiger partial charge in [0.05, 0.1) is 35.2 Å². The second kappa shape index (κ2) is 44.0. The van der Waals surface area contributed by atoms with Gasteiger partial charge in [-0.3, -0.25) is 0 Å². The fourth-order valence-corrected chi connectivity index (χ4v) is 30.6. The number of fused-ring (bicyclic) bond motifs is 9. The zero-order valence-electron chi connectivity index (χ0n) is 71.5. The summed E-state index contributed by atoms with van der Waals surface area (Å²) in [7, 11) is 0. The van der Waals surface area contributed by atoms with Crippen molar-refractivity contribution >= 4 is 201 Å². The second-order valence-corrected chi connectivity index (χ2v) is 45.6. The van der Waals surface area contributed by atoms with Crippen molar-refractivity contribution in [2.75, 3.05) is 0 Å². The topological polar surface area (TPSA) is 77.3 Å². The standard InChI is InChI=1S/C102H120N6S12/c1-7-13-19-25-28-34-40-67(37-31-22-16-10-4)61-70-43-52-82(109-70)73-46-49-76(97-94(73)103-118-106-97)85-55-58-88(112-85)91-64-79-100(115-91)80-65-92(89-59-56-86(113-89)77-50-47-74(95-98(77)107-119-104-95)83-53-44-71(110-83)62-68(38-32-23-17-11-5)41-35-29-26-20-14-8-2)117-102(80)81-66-93(116-101(79)81)90-60-57-87(114-90)78-51-48-75(96-99(78)108-120-105-96)84-54-45-72(111-84)63-69(39-33-24-18-12-6)42-36-30-27-21-15-9-3/h43-60,64-69H,7-42,61-63H2,1-6H3.